The molecule has 0 aliphatic carbocycles. The largest absolute Gasteiger partial charge is 0.466 e. The predicted octanol–water partition coefficient (Wildman–Crippen LogP) is 3.72. The summed E-state index contributed by atoms with van der Waals surface area (Å²) in [6.07, 6.45) is 3.11. The number of rotatable bonds is 12. The number of benzene rings is 1. The van der Waals surface area contributed by atoms with Gasteiger partial charge in [-0.1, -0.05) is 19.9 Å². The maximum atomic E-state index is 14.7. The molecule has 39 heavy (non-hydrogen) atoms. The van der Waals surface area contributed by atoms with E-state index >= 15 is 0 Å². The second-order valence-electron chi connectivity index (χ2n) is 11.0. The summed E-state index contributed by atoms with van der Waals surface area (Å²) in [6.45, 7) is 15.8. The number of carbonyl (C=O) groups is 3. The monoisotopic (exact) mass is 557 g/mol. The highest BCUT2D eigenvalue weighted by molar-refractivity contribution is 8.02. The van der Waals surface area contributed by atoms with E-state index in [2.05, 4.69) is 25.3 Å². The number of nitrogens with zero attached hydrogens (tertiary/aromatic N) is 3. The van der Waals surface area contributed by atoms with Crippen LogP contribution in [0.1, 0.15) is 47.5 Å². The summed E-state index contributed by atoms with van der Waals surface area (Å²) in [4.78, 5) is 47.5. The number of carbonyl (C=O) groups excluding carboxylic acids is 3. The van der Waals surface area contributed by atoms with Gasteiger partial charge in [-0.3, -0.25) is 14.4 Å². The summed E-state index contributed by atoms with van der Waals surface area (Å²) in [5, 5.41) is 10.4. The van der Waals surface area contributed by atoms with Crippen LogP contribution in [0.25, 0.3) is 0 Å². The maximum Gasteiger partial charge on any atom is 0.310 e. The third kappa shape index (κ3) is 4.86. The molecule has 1 N–H and O–H groups in total. The van der Waals surface area contributed by atoms with Crippen molar-refractivity contribution in [2.24, 2.45) is 17.8 Å². The minimum absolute atomic E-state index is 0.0525. The molecule has 2 amide bonds. The van der Waals surface area contributed by atoms with Gasteiger partial charge >= 0.3 is 5.97 Å². The molecule has 1 spiro atoms. The molecule has 0 aromatic heterocycles. The Bertz CT molecular complexity index is 1070. The molecule has 0 radical (unpaired) electrons. The Hall–Kier alpha value is -2.52. The molecule has 3 saturated heterocycles. The van der Waals surface area contributed by atoms with E-state index in [0.717, 1.165) is 30.9 Å². The molecule has 1 aromatic carbocycles. The Morgan fingerprint density at radius 3 is 2.38 bits per heavy atom. The zero-order valence-corrected chi connectivity index (χ0v) is 24.7. The molecule has 3 heterocycles. The van der Waals surface area contributed by atoms with E-state index in [1.807, 2.05) is 38.1 Å². The lowest BCUT2D eigenvalue weighted by Crippen LogP contribution is -2.58. The van der Waals surface area contributed by atoms with Gasteiger partial charge in [0.05, 0.1) is 35.8 Å². The molecule has 1 aromatic rings. The zero-order chi connectivity index (χ0) is 28.5. The molecular weight excluding hydrogens is 514 g/mol. The van der Waals surface area contributed by atoms with Crippen LogP contribution in [0.2, 0.25) is 0 Å². The van der Waals surface area contributed by atoms with Gasteiger partial charge in [-0.25, -0.2) is 0 Å². The average Bonchev–Trinajstić information content (AvgIpc) is 3.56. The summed E-state index contributed by atoms with van der Waals surface area (Å²) in [5.41, 5.74) is 1.81. The number of esters is 1. The first-order chi connectivity index (χ1) is 18.7. The van der Waals surface area contributed by atoms with Crippen LogP contribution >= 0.6 is 11.8 Å². The van der Waals surface area contributed by atoms with Crippen molar-refractivity contribution in [3.05, 3.63) is 36.9 Å². The number of thioether (sulfide) groups is 1. The molecule has 4 rings (SSSR count). The Labute approximate surface area is 236 Å². The van der Waals surface area contributed by atoms with Gasteiger partial charge in [-0.15, -0.1) is 18.3 Å². The Morgan fingerprint density at radius 2 is 1.85 bits per heavy atom. The molecule has 2 bridgehead atoms. The molecule has 3 aliphatic heterocycles. The molecule has 3 aliphatic rings. The van der Waals surface area contributed by atoms with Crippen LogP contribution in [0.3, 0.4) is 0 Å². The lowest BCUT2D eigenvalue weighted by atomic mass is 9.71. The normalized spacial score (nSPS) is 28.0. The molecule has 9 heteroatoms. The molecule has 6 atom stereocenters. The first kappa shape index (κ1) is 29.5. The summed E-state index contributed by atoms with van der Waals surface area (Å²) < 4.78 is 4.68. The molecule has 8 nitrogen and oxygen atoms in total. The van der Waals surface area contributed by atoms with Gasteiger partial charge in [0, 0.05) is 36.3 Å². The highest BCUT2D eigenvalue weighted by Gasteiger charge is 2.75. The minimum atomic E-state index is -0.800. The van der Waals surface area contributed by atoms with E-state index in [-0.39, 0.29) is 48.7 Å². The fraction of sp³-hybridized carbons (Fsp3) is 0.633. The van der Waals surface area contributed by atoms with Crippen molar-refractivity contribution < 1.29 is 24.2 Å². The summed E-state index contributed by atoms with van der Waals surface area (Å²) >= 11 is 1.61. The highest BCUT2D eigenvalue weighted by Crippen LogP contribution is 2.67. The number of aliphatic hydroxyl groups is 1. The van der Waals surface area contributed by atoms with Crippen molar-refractivity contribution >= 4 is 40.9 Å². The number of amides is 2. The van der Waals surface area contributed by atoms with E-state index in [0.29, 0.717) is 6.42 Å². The van der Waals surface area contributed by atoms with Gasteiger partial charge in [0.15, 0.2) is 0 Å². The van der Waals surface area contributed by atoms with E-state index in [4.69, 9.17) is 4.74 Å². The number of hydrogen-bond donors (Lipinski definition) is 1. The fourth-order valence-corrected chi connectivity index (χ4v) is 9.07. The molecular formula is C30H43N3O5S. The third-order valence-electron chi connectivity index (χ3n) is 8.71. The smallest absolute Gasteiger partial charge is 0.310 e. The van der Waals surface area contributed by atoms with E-state index in [1.165, 1.54) is 0 Å². The van der Waals surface area contributed by atoms with Crippen LogP contribution in [0.5, 0.6) is 0 Å². The summed E-state index contributed by atoms with van der Waals surface area (Å²) in [7, 11) is 0. The molecule has 214 valence electrons. The van der Waals surface area contributed by atoms with Crippen molar-refractivity contribution in [2.75, 3.05) is 42.6 Å². The Kier molecular flexibility index (Phi) is 9.01. The third-order valence-corrected chi connectivity index (χ3v) is 10.7. The predicted molar refractivity (Wildman–Crippen MR) is 156 cm³/mol. The van der Waals surface area contributed by atoms with Gasteiger partial charge in [-0.2, -0.15) is 0 Å². The maximum absolute atomic E-state index is 14.7. The van der Waals surface area contributed by atoms with Crippen LogP contribution < -0.4 is 9.80 Å². The van der Waals surface area contributed by atoms with Crippen molar-refractivity contribution in [2.45, 2.75) is 69.5 Å². The van der Waals surface area contributed by atoms with Crippen LogP contribution in [0, 0.1) is 17.8 Å². The van der Waals surface area contributed by atoms with Gasteiger partial charge in [0.1, 0.15) is 6.04 Å². The first-order valence-electron chi connectivity index (χ1n) is 14.2. The van der Waals surface area contributed by atoms with Gasteiger partial charge in [-0.05, 0) is 63.8 Å². The van der Waals surface area contributed by atoms with Crippen LogP contribution in [-0.4, -0.2) is 82.7 Å². The number of ether oxygens (including phenoxy) is 1. The zero-order valence-electron chi connectivity index (χ0n) is 23.8. The fourth-order valence-electron chi connectivity index (χ4n) is 6.89. The van der Waals surface area contributed by atoms with E-state index in [9.17, 15) is 19.5 Å². The second-order valence-corrected chi connectivity index (χ2v) is 12.6. The van der Waals surface area contributed by atoms with Crippen molar-refractivity contribution in [1.29, 1.82) is 0 Å². The van der Waals surface area contributed by atoms with Crippen molar-refractivity contribution in [3.63, 3.8) is 0 Å². The summed E-state index contributed by atoms with van der Waals surface area (Å²) in [6, 6.07) is 6.58. The SMILES string of the molecule is C=CCN(C(=O)C1N([C@@H](CO)C(C)C)C(=O)[C@@H]2[C@H](C(=O)OCC)[C@@H]3CCC12S3)c1ccc(N(CC)CC)cc1. The summed E-state index contributed by atoms with van der Waals surface area (Å²) in [5.74, 6) is -2.07. The van der Waals surface area contributed by atoms with E-state index < -0.39 is 28.7 Å². The Balaban J connectivity index is 1.78. The number of fused-ring (bicyclic) bond motifs is 1. The lowest BCUT2D eigenvalue weighted by Gasteiger charge is -2.40. The lowest BCUT2D eigenvalue weighted by molar-refractivity contribution is -0.154. The first-order valence-corrected chi connectivity index (χ1v) is 15.1. The van der Waals surface area contributed by atoms with Gasteiger partial charge in [0.2, 0.25) is 5.91 Å². The number of anilines is 2. The van der Waals surface area contributed by atoms with Crippen LogP contribution in [0.15, 0.2) is 36.9 Å². The number of aliphatic hydroxyl groups excluding tert-OH is 1. The van der Waals surface area contributed by atoms with Crippen LogP contribution in [-0.2, 0) is 19.1 Å². The molecule has 0 saturated carbocycles. The van der Waals surface area contributed by atoms with E-state index in [1.54, 1.807) is 34.6 Å². The highest BCUT2D eigenvalue weighted by atomic mass is 32.2. The molecule has 2 unspecified atom stereocenters. The number of likely N-dealkylation sites (tertiary alicyclic amines) is 1. The Morgan fingerprint density at radius 1 is 1.21 bits per heavy atom. The standard InChI is InChI=1S/C30H43N3O5S/c1-7-17-32(21-13-11-20(12-14-21)31(8-2)9-3)28(36)26-30-16-15-23(39-30)24(29(37)38-10-4)25(30)27(35)33(26)22(18-34)19(5)6/h7,11-14,19,22-26,34H,1,8-10,15-18H2,2-6H3/t22-,23-,24+,25-,26?,30?/m0/s1. The van der Waals surface area contributed by atoms with Gasteiger partial charge < -0.3 is 24.5 Å². The molecule has 3 fully saturated rings. The van der Waals surface area contributed by atoms with Gasteiger partial charge in [0.25, 0.3) is 5.91 Å². The van der Waals surface area contributed by atoms with Crippen molar-refractivity contribution in [3.8, 4) is 0 Å². The minimum Gasteiger partial charge on any atom is -0.466 e. The number of hydrogen-bond acceptors (Lipinski definition) is 7. The quantitative estimate of drug-likeness (QED) is 0.309. The van der Waals surface area contributed by atoms with Crippen molar-refractivity contribution in [1.82, 2.24) is 4.90 Å². The topological polar surface area (TPSA) is 90.4 Å². The van der Waals surface area contributed by atoms with Crippen LogP contribution in [0.4, 0.5) is 11.4 Å². The second kappa shape index (κ2) is 11.9. The average molecular weight is 558 g/mol.